The highest BCUT2D eigenvalue weighted by Gasteiger charge is 2.52. The second kappa shape index (κ2) is 7.87. The van der Waals surface area contributed by atoms with Gasteiger partial charge in [0.1, 0.15) is 12.4 Å². The average Bonchev–Trinajstić information content (AvgIpc) is 3.29. The van der Waals surface area contributed by atoms with Crippen molar-refractivity contribution < 1.29 is 9.59 Å². The van der Waals surface area contributed by atoms with Crippen molar-refractivity contribution in [1.82, 2.24) is 29.7 Å². The summed E-state index contributed by atoms with van der Waals surface area (Å²) in [5, 5.41) is 3.37. The molecular weight excluding hydrogens is 380 g/mol. The van der Waals surface area contributed by atoms with Crippen LogP contribution in [0.3, 0.4) is 0 Å². The van der Waals surface area contributed by atoms with Crippen LogP contribution in [-0.2, 0) is 22.7 Å². The van der Waals surface area contributed by atoms with Crippen molar-refractivity contribution in [3.05, 3.63) is 42.0 Å². The van der Waals surface area contributed by atoms with Gasteiger partial charge >= 0.3 is 0 Å². The molecule has 3 heterocycles. The third-order valence-electron chi connectivity index (χ3n) is 5.88. The van der Waals surface area contributed by atoms with Gasteiger partial charge in [-0.25, -0.2) is 15.0 Å². The Hall–Kier alpha value is -2.48. The predicted octanol–water partition coefficient (Wildman–Crippen LogP) is 1.66. The lowest BCUT2D eigenvalue weighted by molar-refractivity contribution is -0.147. The van der Waals surface area contributed by atoms with Crippen molar-refractivity contribution in [2.45, 2.75) is 38.8 Å². The topological polar surface area (TPSA) is 93.0 Å². The lowest BCUT2D eigenvalue weighted by atomic mass is 9.70. The van der Waals surface area contributed by atoms with E-state index in [1.807, 2.05) is 4.90 Å². The largest absolute Gasteiger partial charge is 0.349 e. The van der Waals surface area contributed by atoms with Gasteiger partial charge in [0, 0.05) is 49.7 Å². The second-order valence-corrected chi connectivity index (χ2v) is 8.17. The van der Waals surface area contributed by atoms with Crippen molar-refractivity contribution in [1.29, 1.82) is 0 Å². The SMILES string of the molecule is O=C(CC1CCCC12CN(C(=O)Cn1ccnc1)C2)NCc1ncc(Cl)cn1. The van der Waals surface area contributed by atoms with E-state index in [-0.39, 0.29) is 17.2 Å². The molecule has 2 aromatic heterocycles. The van der Waals surface area contributed by atoms with Gasteiger partial charge in [0.15, 0.2) is 0 Å². The Morgan fingerprint density at radius 2 is 2.07 bits per heavy atom. The molecule has 8 nitrogen and oxygen atoms in total. The zero-order valence-electron chi connectivity index (χ0n) is 15.6. The Labute approximate surface area is 168 Å². The standard InChI is InChI=1S/C19H23ClN6O2/c20-15-7-22-16(23-8-15)9-24-17(27)6-14-2-1-3-19(14)11-26(12-19)18(28)10-25-5-4-21-13-25/h4-5,7-8,13-14H,1-3,6,9-12H2,(H,24,27). The van der Waals surface area contributed by atoms with E-state index >= 15 is 0 Å². The lowest BCUT2D eigenvalue weighted by Crippen LogP contribution is -2.60. The van der Waals surface area contributed by atoms with Gasteiger partial charge in [-0.3, -0.25) is 9.59 Å². The minimum Gasteiger partial charge on any atom is -0.349 e. The van der Waals surface area contributed by atoms with Crippen LogP contribution in [0.4, 0.5) is 0 Å². The molecule has 1 atom stereocenters. The van der Waals surface area contributed by atoms with Crippen LogP contribution in [0.15, 0.2) is 31.1 Å². The van der Waals surface area contributed by atoms with Crippen molar-refractivity contribution in [3.8, 4) is 0 Å². The van der Waals surface area contributed by atoms with E-state index < -0.39 is 0 Å². The van der Waals surface area contributed by atoms with Crippen molar-refractivity contribution in [2.75, 3.05) is 13.1 Å². The Kier molecular flexibility index (Phi) is 5.30. The molecule has 2 aliphatic rings. The van der Waals surface area contributed by atoms with Gasteiger partial charge in [0.25, 0.3) is 0 Å². The maximum Gasteiger partial charge on any atom is 0.242 e. The maximum atomic E-state index is 12.4. The highest BCUT2D eigenvalue weighted by atomic mass is 35.5. The van der Waals surface area contributed by atoms with E-state index in [1.165, 1.54) is 12.4 Å². The molecule has 2 aromatic rings. The van der Waals surface area contributed by atoms with E-state index in [4.69, 9.17) is 11.6 Å². The molecule has 1 spiro atoms. The smallest absolute Gasteiger partial charge is 0.242 e. The average molecular weight is 403 g/mol. The second-order valence-electron chi connectivity index (χ2n) is 7.73. The molecule has 1 aliphatic heterocycles. The maximum absolute atomic E-state index is 12.4. The summed E-state index contributed by atoms with van der Waals surface area (Å²) in [6.07, 6.45) is 11.9. The molecule has 1 saturated heterocycles. The fraction of sp³-hybridized carbons (Fsp3) is 0.526. The number of imidazole rings is 1. The minimum atomic E-state index is 0.00742. The zero-order valence-corrected chi connectivity index (χ0v) is 16.3. The summed E-state index contributed by atoms with van der Waals surface area (Å²) < 4.78 is 1.78. The molecule has 2 fully saturated rings. The van der Waals surface area contributed by atoms with Gasteiger partial charge < -0.3 is 14.8 Å². The van der Waals surface area contributed by atoms with Crippen molar-refractivity contribution >= 4 is 23.4 Å². The number of halogens is 1. The molecule has 1 unspecified atom stereocenters. The van der Waals surface area contributed by atoms with Gasteiger partial charge in [-0.1, -0.05) is 18.0 Å². The molecule has 1 N–H and O–H groups in total. The van der Waals surface area contributed by atoms with Crippen LogP contribution < -0.4 is 5.32 Å². The number of nitrogens with zero attached hydrogens (tertiary/aromatic N) is 5. The Balaban J connectivity index is 1.26. The van der Waals surface area contributed by atoms with Gasteiger partial charge in [-0.2, -0.15) is 0 Å². The Bertz CT molecular complexity index is 833. The minimum absolute atomic E-state index is 0.00742. The summed E-state index contributed by atoms with van der Waals surface area (Å²) in [5.74, 6) is 0.973. The molecule has 4 rings (SSSR count). The van der Waals surface area contributed by atoms with Gasteiger partial charge in [-0.15, -0.1) is 0 Å². The summed E-state index contributed by atoms with van der Waals surface area (Å²) in [5.41, 5.74) is 0.0959. The quantitative estimate of drug-likeness (QED) is 0.793. The summed E-state index contributed by atoms with van der Waals surface area (Å²) in [7, 11) is 0. The van der Waals surface area contributed by atoms with Crippen molar-refractivity contribution in [3.63, 3.8) is 0 Å². The number of aromatic nitrogens is 4. The Morgan fingerprint density at radius 1 is 1.29 bits per heavy atom. The van der Waals surface area contributed by atoms with Crippen LogP contribution in [0.1, 0.15) is 31.5 Å². The van der Waals surface area contributed by atoms with E-state index in [0.717, 1.165) is 32.4 Å². The van der Waals surface area contributed by atoms with E-state index in [2.05, 4.69) is 20.3 Å². The number of hydrogen-bond acceptors (Lipinski definition) is 5. The number of likely N-dealkylation sites (tertiary alicyclic amines) is 1. The van der Waals surface area contributed by atoms with E-state index in [9.17, 15) is 9.59 Å². The van der Waals surface area contributed by atoms with Crippen LogP contribution in [0, 0.1) is 11.3 Å². The number of amides is 2. The number of carbonyl (C=O) groups is 2. The molecule has 28 heavy (non-hydrogen) atoms. The summed E-state index contributed by atoms with van der Waals surface area (Å²) in [6.45, 7) is 2.12. The van der Waals surface area contributed by atoms with Crippen LogP contribution in [0.25, 0.3) is 0 Å². The van der Waals surface area contributed by atoms with Crippen molar-refractivity contribution in [2.24, 2.45) is 11.3 Å². The third kappa shape index (κ3) is 4.01. The fourth-order valence-corrected chi connectivity index (χ4v) is 4.47. The lowest BCUT2D eigenvalue weighted by Gasteiger charge is -2.51. The number of rotatable bonds is 6. The first-order chi connectivity index (χ1) is 13.5. The summed E-state index contributed by atoms with van der Waals surface area (Å²) >= 11 is 5.77. The molecule has 1 saturated carbocycles. The third-order valence-corrected chi connectivity index (χ3v) is 6.08. The number of hydrogen-bond donors (Lipinski definition) is 1. The fourth-order valence-electron chi connectivity index (χ4n) is 4.38. The summed E-state index contributed by atoms with van der Waals surface area (Å²) in [6, 6.07) is 0. The first-order valence-electron chi connectivity index (χ1n) is 9.51. The molecule has 9 heteroatoms. The first-order valence-corrected chi connectivity index (χ1v) is 9.88. The van der Waals surface area contributed by atoms with Gasteiger partial charge in [-0.05, 0) is 18.8 Å². The molecule has 0 bridgehead atoms. The molecule has 0 radical (unpaired) electrons. The van der Waals surface area contributed by atoms with Gasteiger partial charge in [0.2, 0.25) is 11.8 Å². The van der Waals surface area contributed by atoms with Crippen LogP contribution in [0.2, 0.25) is 5.02 Å². The molecular formula is C19H23ClN6O2. The highest BCUT2D eigenvalue weighted by molar-refractivity contribution is 6.30. The van der Waals surface area contributed by atoms with E-state index in [0.29, 0.717) is 36.3 Å². The monoisotopic (exact) mass is 402 g/mol. The molecule has 1 aliphatic carbocycles. The first kappa shape index (κ1) is 18.9. The molecule has 2 amide bonds. The molecule has 148 valence electrons. The summed E-state index contributed by atoms with van der Waals surface area (Å²) in [4.78, 5) is 38.9. The predicted molar refractivity (Wildman–Crippen MR) is 102 cm³/mol. The van der Waals surface area contributed by atoms with Crippen LogP contribution in [-0.4, -0.2) is 49.3 Å². The van der Waals surface area contributed by atoms with Gasteiger partial charge in [0.05, 0.1) is 17.9 Å². The number of carbonyl (C=O) groups excluding carboxylic acids is 2. The zero-order chi connectivity index (χ0) is 19.6. The van der Waals surface area contributed by atoms with E-state index in [1.54, 1.807) is 23.3 Å². The number of nitrogens with one attached hydrogen (secondary N) is 1. The Morgan fingerprint density at radius 3 is 2.79 bits per heavy atom. The van der Waals surface area contributed by atoms with Crippen LogP contribution >= 0.6 is 11.6 Å². The van der Waals surface area contributed by atoms with Crippen LogP contribution in [0.5, 0.6) is 0 Å². The normalized spacial score (nSPS) is 20.2. The molecule has 0 aromatic carbocycles. The highest BCUT2D eigenvalue weighted by Crippen LogP contribution is 2.51.